The van der Waals surface area contributed by atoms with Crippen molar-refractivity contribution in [2.45, 2.75) is 13.8 Å². The first kappa shape index (κ1) is 16.8. The molecule has 0 spiro atoms. The molecule has 0 aliphatic carbocycles. The SMILES string of the molecule is CCN(CC)c1ccc(N2C(=O)C(=Cc3ccco3)SC2=S)cc1. The number of anilines is 2. The Bertz CT molecular complexity index is 763. The van der Waals surface area contributed by atoms with Gasteiger partial charge in [-0.2, -0.15) is 0 Å². The number of benzene rings is 1. The molecule has 0 radical (unpaired) electrons. The van der Waals surface area contributed by atoms with E-state index in [1.807, 2.05) is 30.3 Å². The summed E-state index contributed by atoms with van der Waals surface area (Å²) in [5.41, 5.74) is 1.93. The molecular formula is C18H18N2O2S2. The summed E-state index contributed by atoms with van der Waals surface area (Å²) < 4.78 is 5.81. The van der Waals surface area contributed by atoms with Crippen molar-refractivity contribution >= 4 is 51.7 Å². The van der Waals surface area contributed by atoms with E-state index in [0.29, 0.717) is 15.0 Å². The van der Waals surface area contributed by atoms with Gasteiger partial charge in [-0.3, -0.25) is 9.69 Å². The fourth-order valence-electron chi connectivity index (χ4n) is 2.59. The van der Waals surface area contributed by atoms with Crippen LogP contribution in [0.5, 0.6) is 0 Å². The first-order chi connectivity index (χ1) is 11.6. The monoisotopic (exact) mass is 358 g/mol. The number of nitrogens with zero attached hydrogens (tertiary/aromatic N) is 2. The summed E-state index contributed by atoms with van der Waals surface area (Å²) in [6, 6.07) is 11.5. The molecule has 1 saturated heterocycles. The molecule has 0 bridgehead atoms. The third-order valence-electron chi connectivity index (χ3n) is 3.85. The molecule has 0 N–H and O–H groups in total. The first-order valence-corrected chi connectivity index (χ1v) is 9.03. The molecule has 2 aromatic rings. The van der Waals surface area contributed by atoms with Crippen LogP contribution in [0.1, 0.15) is 19.6 Å². The van der Waals surface area contributed by atoms with Crippen LogP contribution in [0, 0.1) is 0 Å². The summed E-state index contributed by atoms with van der Waals surface area (Å²) in [7, 11) is 0. The van der Waals surface area contributed by atoms with E-state index in [9.17, 15) is 4.79 Å². The standard InChI is InChI=1S/C18H18N2O2S2/c1-3-19(4-2)13-7-9-14(10-8-13)20-17(21)16(24-18(20)23)12-15-6-5-11-22-15/h5-12H,3-4H2,1-2H3. The minimum atomic E-state index is -0.114. The highest BCUT2D eigenvalue weighted by atomic mass is 32.2. The van der Waals surface area contributed by atoms with Crippen molar-refractivity contribution in [1.29, 1.82) is 0 Å². The van der Waals surface area contributed by atoms with Gasteiger partial charge in [-0.05, 0) is 50.2 Å². The number of carbonyl (C=O) groups is 1. The van der Waals surface area contributed by atoms with Gasteiger partial charge in [0.05, 0.1) is 16.9 Å². The molecule has 0 unspecified atom stereocenters. The lowest BCUT2D eigenvalue weighted by Gasteiger charge is -2.22. The maximum absolute atomic E-state index is 12.7. The Kier molecular flexibility index (Phi) is 5.06. The molecule has 6 heteroatoms. The Hall–Kier alpha value is -2.05. The zero-order valence-corrected chi connectivity index (χ0v) is 15.2. The quantitative estimate of drug-likeness (QED) is 0.580. The zero-order valence-electron chi connectivity index (χ0n) is 13.6. The summed E-state index contributed by atoms with van der Waals surface area (Å²) in [6.45, 7) is 6.14. The molecule has 1 fully saturated rings. The highest BCUT2D eigenvalue weighted by molar-refractivity contribution is 8.27. The van der Waals surface area contributed by atoms with E-state index in [4.69, 9.17) is 16.6 Å². The van der Waals surface area contributed by atoms with Crippen molar-refractivity contribution in [3.05, 3.63) is 53.3 Å². The van der Waals surface area contributed by atoms with E-state index in [0.717, 1.165) is 24.5 Å². The van der Waals surface area contributed by atoms with Crippen LogP contribution in [0.25, 0.3) is 6.08 Å². The number of thioether (sulfide) groups is 1. The van der Waals surface area contributed by atoms with Crippen LogP contribution >= 0.6 is 24.0 Å². The van der Waals surface area contributed by atoms with Gasteiger partial charge in [-0.25, -0.2) is 0 Å². The van der Waals surface area contributed by atoms with Crippen LogP contribution in [0.15, 0.2) is 52.0 Å². The minimum Gasteiger partial charge on any atom is -0.465 e. The lowest BCUT2D eigenvalue weighted by Crippen LogP contribution is -2.27. The van der Waals surface area contributed by atoms with Gasteiger partial charge in [0.2, 0.25) is 0 Å². The number of hydrogen-bond acceptors (Lipinski definition) is 5. The molecule has 0 atom stereocenters. The zero-order chi connectivity index (χ0) is 17.1. The van der Waals surface area contributed by atoms with Gasteiger partial charge in [0.15, 0.2) is 4.32 Å². The van der Waals surface area contributed by atoms with Crippen LogP contribution in [0.3, 0.4) is 0 Å². The van der Waals surface area contributed by atoms with Gasteiger partial charge >= 0.3 is 0 Å². The molecule has 3 rings (SSSR count). The van der Waals surface area contributed by atoms with Crippen LogP contribution in [-0.4, -0.2) is 23.3 Å². The van der Waals surface area contributed by atoms with Crippen molar-refractivity contribution in [3.8, 4) is 0 Å². The van der Waals surface area contributed by atoms with E-state index in [1.54, 1.807) is 23.3 Å². The average molecular weight is 358 g/mol. The third kappa shape index (κ3) is 3.25. The number of rotatable bonds is 5. The van der Waals surface area contributed by atoms with Crippen molar-refractivity contribution in [1.82, 2.24) is 0 Å². The Morgan fingerprint density at radius 1 is 1.21 bits per heavy atom. The highest BCUT2D eigenvalue weighted by Crippen LogP contribution is 2.36. The van der Waals surface area contributed by atoms with Crippen LogP contribution in [-0.2, 0) is 4.79 Å². The van der Waals surface area contributed by atoms with E-state index in [1.165, 1.54) is 11.8 Å². The topological polar surface area (TPSA) is 36.7 Å². The Morgan fingerprint density at radius 2 is 1.92 bits per heavy atom. The highest BCUT2D eigenvalue weighted by Gasteiger charge is 2.33. The lowest BCUT2D eigenvalue weighted by molar-refractivity contribution is -0.113. The van der Waals surface area contributed by atoms with Gasteiger partial charge in [-0.1, -0.05) is 24.0 Å². The maximum atomic E-state index is 12.7. The van der Waals surface area contributed by atoms with E-state index in [-0.39, 0.29) is 5.91 Å². The van der Waals surface area contributed by atoms with Crippen molar-refractivity contribution in [2.24, 2.45) is 0 Å². The van der Waals surface area contributed by atoms with Crippen molar-refractivity contribution in [3.63, 3.8) is 0 Å². The Morgan fingerprint density at radius 3 is 2.50 bits per heavy atom. The summed E-state index contributed by atoms with van der Waals surface area (Å²) in [5, 5.41) is 0. The molecule has 4 nitrogen and oxygen atoms in total. The summed E-state index contributed by atoms with van der Waals surface area (Å²) in [4.78, 5) is 17.1. The Balaban J connectivity index is 1.84. The maximum Gasteiger partial charge on any atom is 0.270 e. The summed E-state index contributed by atoms with van der Waals surface area (Å²) >= 11 is 6.68. The molecule has 1 aliphatic heterocycles. The fraction of sp³-hybridized carbons (Fsp3) is 0.222. The number of carbonyl (C=O) groups excluding carboxylic acids is 1. The number of hydrogen-bond donors (Lipinski definition) is 0. The molecule has 24 heavy (non-hydrogen) atoms. The summed E-state index contributed by atoms with van der Waals surface area (Å²) in [5.74, 6) is 0.532. The lowest BCUT2D eigenvalue weighted by atomic mass is 10.2. The molecule has 0 saturated carbocycles. The molecule has 1 aromatic carbocycles. The van der Waals surface area contributed by atoms with Crippen molar-refractivity contribution < 1.29 is 9.21 Å². The number of thiocarbonyl (C=S) groups is 1. The van der Waals surface area contributed by atoms with Gasteiger partial charge in [0, 0.05) is 24.9 Å². The fourth-order valence-corrected chi connectivity index (χ4v) is 3.87. The second-order valence-corrected chi connectivity index (χ2v) is 6.90. The smallest absolute Gasteiger partial charge is 0.270 e. The largest absolute Gasteiger partial charge is 0.465 e. The van der Waals surface area contributed by atoms with E-state index < -0.39 is 0 Å². The molecule has 1 aromatic heterocycles. The van der Waals surface area contributed by atoms with Crippen LogP contribution in [0.4, 0.5) is 11.4 Å². The molecule has 2 heterocycles. The number of furan rings is 1. The second kappa shape index (κ2) is 7.23. The molecule has 124 valence electrons. The normalized spacial score (nSPS) is 16.2. The van der Waals surface area contributed by atoms with Gasteiger partial charge in [0.25, 0.3) is 5.91 Å². The minimum absolute atomic E-state index is 0.114. The second-order valence-electron chi connectivity index (χ2n) is 5.22. The van der Waals surface area contributed by atoms with Gasteiger partial charge in [-0.15, -0.1) is 0 Å². The molecule has 1 aliphatic rings. The molecular weight excluding hydrogens is 340 g/mol. The predicted molar refractivity (Wildman–Crippen MR) is 104 cm³/mol. The predicted octanol–water partition coefficient (Wildman–Crippen LogP) is 4.53. The summed E-state index contributed by atoms with van der Waals surface area (Å²) in [6.07, 6.45) is 3.31. The first-order valence-electron chi connectivity index (χ1n) is 7.80. The Labute approximate surface area is 151 Å². The third-order valence-corrected chi connectivity index (χ3v) is 5.15. The van der Waals surface area contributed by atoms with Crippen LogP contribution < -0.4 is 9.80 Å². The van der Waals surface area contributed by atoms with E-state index >= 15 is 0 Å². The number of amides is 1. The average Bonchev–Trinajstić information content (AvgIpc) is 3.19. The molecule has 1 amide bonds. The van der Waals surface area contributed by atoms with Gasteiger partial charge in [0.1, 0.15) is 5.76 Å². The van der Waals surface area contributed by atoms with E-state index in [2.05, 4.69) is 18.7 Å². The van der Waals surface area contributed by atoms with Gasteiger partial charge < -0.3 is 9.32 Å². The van der Waals surface area contributed by atoms with Crippen LogP contribution in [0.2, 0.25) is 0 Å². The van der Waals surface area contributed by atoms with Crippen molar-refractivity contribution in [2.75, 3.05) is 22.9 Å².